The molecule has 82 valence electrons. The summed E-state index contributed by atoms with van der Waals surface area (Å²) in [6.45, 7) is 6.34. The molecule has 0 atom stereocenters. The molecule has 1 nitrogen and oxygen atoms in total. The highest BCUT2D eigenvalue weighted by molar-refractivity contribution is 5.64. The molecule has 2 aromatic carbocycles. The van der Waals surface area contributed by atoms with Gasteiger partial charge in [-0.3, -0.25) is 0 Å². The van der Waals surface area contributed by atoms with Crippen molar-refractivity contribution >= 4 is 11.4 Å². The number of hydrogen-bond donors (Lipinski definition) is 1. The minimum Gasteiger partial charge on any atom is -0.355 e. The Bertz CT molecular complexity index is 501. The van der Waals surface area contributed by atoms with Crippen LogP contribution in [0.25, 0.3) is 0 Å². The number of hydrogen-bond acceptors (Lipinski definition) is 1. The van der Waals surface area contributed by atoms with Crippen molar-refractivity contribution in [2.45, 2.75) is 20.8 Å². The van der Waals surface area contributed by atoms with Gasteiger partial charge in [0.25, 0.3) is 0 Å². The molecule has 16 heavy (non-hydrogen) atoms. The summed E-state index contributed by atoms with van der Waals surface area (Å²) in [7, 11) is 0. The van der Waals surface area contributed by atoms with Gasteiger partial charge in [-0.1, -0.05) is 24.3 Å². The van der Waals surface area contributed by atoms with Gasteiger partial charge in [0.1, 0.15) is 0 Å². The molecule has 0 radical (unpaired) electrons. The number of aryl methyl sites for hydroxylation is 3. The number of anilines is 2. The molecule has 2 aromatic rings. The zero-order valence-corrected chi connectivity index (χ0v) is 10.0. The predicted octanol–water partition coefficient (Wildman–Crippen LogP) is 4.36. The lowest BCUT2D eigenvalue weighted by molar-refractivity contribution is 1.37. The van der Waals surface area contributed by atoms with E-state index in [1.54, 1.807) is 0 Å². The van der Waals surface area contributed by atoms with E-state index in [4.69, 9.17) is 0 Å². The van der Waals surface area contributed by atoms with Crippen LogP contribution >= 0.6 is 0 Å². The number of benzene rings is 2. The standard InChI is InChI=1S/C15H17N/c1-11-5-4-6-14(9-11)16-15-10-12(2)7-8-13(15)3/h4-10,16H,1-3H3. The maximum atomic E-state index is 3.45. The van der Waals surface area contributed by atoms with Crippen LogP contribution in [0.3, 0.4) is 0 Å². The molecular formula is C15H17N. The predicted molar refractivity (Wildman–Crippen MR) is 70.4 cm³/mol. The van der Waals surface area contributed by atoms with E-state index in [0.29, 0.717) is 0 Å². The van der Waals surface area contributed by atoms with Crippen LogP contribution in [0.15, 0.2) is 42.5 Å². The fraction of sp³-hybridized carbons (Fsp3) is 0.200. The van der Waals surface area contributed by atoms with E-state index in [9.17, 15) is 0 Å². The summed E-state index contributed by atoms with van der Waals surface area (Å²) < 4.78 is 0. The average Bonchev–Trinajstić information content (AvgIpc) is 2.24. The highest BCUT2D eigenvalue weighted by Gasteiger charge is 1.99. The summed E-state index contributed by atoms with van der Waals surface area (Å²) in [6, 6.07) is 14.9. The molecule has 0 heterocycles. The van der Waals surface area contributed by atoms with E-state index in [1.807, 2.05) is 0 Å². The quantitative estimate of drug-likeness (QED) is 0.778. The first-order chi connectivity index (χ1) is 7.65. The largest absolute Gasteiger partial charge is 0.355 e. The second-order valence-electron chi connectivity index (χ2n) is 4.31. The first-order valence-corrected chi connectivity index (χ1v) is 5.56. The van der Waals surface area contributed by atoms with E-state index in [0.717, 1.165) is 5.69 Å². The first-order valence-electron chi connectivity index (χ1n) is 5.56. The van der Waals surface area contributed by atoms with Gasteiger partial charge in [-0.25, -0.2) is 0 Å². The van der Waals surface area contributed by atoms with Crippen molar-refractivity contribution < 1.29 is 0 Å². The van der Waals surface area contributed by atoms with Crippen LogP contribution in [0.2, 0.25) is 0 Å². The van der Waals surface area contributed by atoms with Crippen LogP contribution in [-0.2, 0) is 0 Å². The third-order valence-corrected chi connectivity index (χ3v) is 2.69. The minimum atomic E-state index is 1.15. The normalized spacial score (nSPS) is 10.2. The Morgan fingerprint density at radius 2 is 1.56 bits per heavy atom. The van der Waals surface area contributed by atoms with E-state index >= 15 is 0 Å². The van der Waals surface area contributed by atoms with Gasteiger partial charge in [-0.2, -0.15) is 0 Å². The second kappa shape index (κ2) is 4.40. The fourth-order valence-corrected chi connectivity index (χ4v) is 1.75. The van der Waals surface area contributed by atoms with Gasteiger partial charge in [-0.05, 0) is 55.7 Å². The van der Waals surface area contributed by atoms with E-state index < -0.39 is 0 Å². The lowest BCUT2D eigenvalue weighted by atomic mass is 10.1. The molecule has 0 aliphatic heterocycles. The molecule has 0 aromatic heterocycles. The van der Waals surface area contributed by atoms with Crippen LogP contribution in [0, 0.1) is 20.8 Å². The average molecular weight is 211 g/mol. The van der Waals surface area contributed by atoms with Gasteiger partial charge in [0.15, 0.2) is 0 Å². The van der Waals surface area contributed by atoms with Crippen molar-refractivity contribution in [3.8, 4) is 0 Å². The monoisotopic (exact) mass is 211 g/mol. The smallest absolute Gasteiger partial charge is 0.0416 e. The molecule has 0 unspecified atom stereocenters. The summed E-state index contributed by atoms with van der Waals surface area (Å²) in [6.07, 6.45) is 0. The van der Waals surface area contributed by atoms with Crippen LogP contribution in [-0.4, -0.2) is 0 Å². The maximum absolute atomic E-state index is 3.45. The van der Waals surface area contributed by atoms with Gasteiger partial charge < -0.3 is 5.32 Å². The molecule has 0 spiro atoms. The maximum Gasteiger partial charge on any atom is 0.0416 e. The molecule has 0 fully saturated rings. The van der Waals surface area contributed by atoms with E-state index in [1.165, 1.54) is 22.4 Å². The Hall–Kier alpha value is -1.76. The summed E-state index contributed by atoms with van der Waals surface area (Å²) in [5.74, 6) is 0. The van der Waals surface area contributed by atoms with Gasteiger partial charge in [0.05, 0.1) is 0 Å². The van der Waals surface area contributed by atoms with Gasteiger partial charge >= 0.3 is 0 Å². The van der Waals surface area contributed by atoms with Gasteiger partial charge in [-0.15, -0.1) is 0 Å². The van der Waals surface area contributed by atoms with Gasteiger partial charge in [0, 0.05) is 11.4 Å². The van der Waals surface area contributed by atoms with Crippen molar-refractivity contribution in [3.63, 3.8) is 0 Å². The highest BCUT2D eigenvalue weighted by atomic mass is 14.9. The highest BCUT2D eigenvalue weighted by Crippen LogP contribution is 2.22. The molecule has 2 rings (SSSR count). The van der Waals surface area contributed by atoms with E-state index in [2.05, 4.69) is 68.6 Å². The summed E-state index contributed by atoms with van der Waals surface area (Å²) >= 11 is 0. The molecule has 1 N–H and O–H groups in total. The van der Waals surface area contributed by atoms with E-state index in [-0.39, 0.29) is 0 Å². The number of nitrogens with one attached hydrogen (secondary N) is 1. The van der Waals surface area contributed by atoms with Crippen molar-refractivity contribution in [3.05, 3.63) is 59.2 Å². The topological polar surface area (TPSA) is 12.0 Å². The lowest BCUT2D eigenvalue weighted by Crippen LogP contribution is -1.93. The fourth-order valence-electron chi connectivity index (χ4n) is 1.75. The zero-order valence-electron chi connectivity index (χ0n) is 10.0. The molecule has 0 aliphatic rings. The molecular weight excluding hydrogens is 194 g/mol. The molecule has 0 saturated carbocycles. The van der Waals surface area contributed by atoms with Crippen molar-refractivity contribution in [2.75, 3.05) is 5.32 Å². The number of rotatable bonds is 2. The zero-order chi connectivity index (χ0) is 11.5. The van der Waals surface area contributed by atoms with Crippen LogP contribution in [0.5, 0.6) is 0 Å². The summed E-state index contributed by atoms with van der Waals surface area (Å²) in [5, 5.41) is 3.45. The molecule has 0 amide bonds. The SMILES string of the molecule is Cc1cccc(Nc2cc(C)ccc2C)c1. The summed E-state index contributed by atoms with van der Waals surface area (Å²) in [4.78, 5) is 0. The van der Waals surface area contributed by atoms with Crippen LogP contribution in [0.1, 0.15) is 16.7 Å². The second-order valence-corrected chi connectivity index (χ2v) is 4.31. The van der Waals surface area contributed by atoms with Gasteiger partial charge in [0.2, 0.25) is 0 Å². The third-order valence-electron chi connectivity index (χ3n) is 2.69. The van der Waals surface area contributed by atoms with Crippen molar-refractivity contribution in [1.29, 1.82) is 0 Å². The Kier molecular flexibility index (Phi) is 2.95. The van der Waals surface area contributed by atoms with Crippen molar-refractivity contribution in [2.24, 2.45) is 0 Å². The molecule has 0 saturated heterocycles. The summed E-state index contributed by atoms with van der Waals surface area (Å²) in [5.41, 5.74) is 6.16. The minimum absolute atomic E-state index is 1.15. The Balaban J connectivity index is 2.30. The Morgan fingerprint density at radius 1 is 0.812 bits per heavy atom. The third kappa shape index (κ3) is 2.43. The molecule has 1 heteroatoms. The Labute approximate surface area is 97.1 Å². The Morgan fingerprint density at radius 3 is 2.31 bits per heavy atom. The molecule has 0 bridgehead atoms. The first kappa shape index (κ1) is 10.7. The van der Waals surface area contributed by atoms with Crippen LogP contribution < -0.4 is 5.32 Å². The van der Waals surface area contributed by atoms with Crippen LogP contribution in [0.4, 0.5) is 11.4 Å². The lowest BCUT2D eigenvalue weighted by Gasteiger charge is -2.10. The van der Waals surface area contributed by atoms with Crippen molar-refractivity contribution in [1.82, 2.24) is 0 Å². The molecule has 0 aliphatic carbocycles.